The lowest BCUT2D eigenvalue weighted by Gasteiger charge is -2.34. The number of hydrogen-bond donors (Lipinski definition) is 0. The van der Waals surface area contributed by atoms with Crippen LogP contribution in [0.2, 0.25) is 0 Å². The summed E-state index contributed by atoms with van der Waals surface area (Å²) >= 11 is 0. The standard InChI is InChI=1S/C13H13F7N2O2/c1-2-24-11(23)9-7(13(18,19)20)8(10(14)15)21-22(9)5-6-3-12(16,17)4-6/h6,10H,2-5H2,1H3. The third-order valence-corrected chi connectivity index (χ3v) is 3.54. The molecule has 1 aliphatic rings. The number of carbonyl (C=O) groups excluding carboxylic acids is 1. The zero-order valence-electron chi connectivity index (χ0n) is 12.3. The Labute approximate surface area is 131 Å². The second kappa shape index (κ2) is 6.25. The molecule has 0 saturated heterocycles. The maximum absolute atomic E-state index is 13.1. The smallest absolute Gasteiger partial charge is 0.420 e. The topological polar surface area (TPSA) is 44.1 Å². The molecule has 0 spiro atoms. The van der Waals surface area contributed by atoms with Crippen molar-refractivity contribution in [1.82, 2.24) is 9.78 Å². The van der Waals surface area contributed by atoms with Crippen LogP contribution in [0.15, 0.2) is 0 Å². The monoisotopic (exact) mass is 362 g/mol. The number of halogens is 7. The van der Waals surface area contributed by atoms with E-state index in [-0.39, 0.29) is 6.61 Å². The van der Waals surface area contributed by atoms with Crippen LogP contribution in [0.4, 0.5) is 30.7 Å². The van der Waals surface area contributed by atoms with Gasteiger partial charge in [-0.25, -0.2) is 22.4 Å². The van der Waals surface area contributed by atoms with E-state index in [1.54, 1.807) is 0 Å². The van der Waals surface area contributed by atoms with Gasteiger partial charge in [-0.1, -0.05) is 0 Å². The Hall–Kier alpha value is -1.81. The molecule has 1 saturated carbocycles. The van der Waals surface area contributed by atoms with Crippen molar-refractivity contribution in [3.8, 4) is 0 Å². The number of aromatic nitrogens is 2. The van der Waals surface area contributed by atoms with Gasteiger partial charge in [-0.3, -0.25) is 4.68 Å². The van der Waals surface area contributed by atoms with E-state index in [9.17, 15) is 35.5 Å². The van der Waals surface area contributed by atoms with Crippen LogP contribution >= 0.6 is 0 Å². The Morgan fingerprint density at radius 3 is 2.38 bits per heavy atom. The number of nitrogens with zero attached hydrogens (tertiary/aromatic N) is 2. The van der Waals surface area contributed by atoms with Crippen LogP contribution in [0, 0.1) is 5.92 Å². The van der Waals surface area contributed by atoms with Crippen molar-refractivity contribution >= 4 is 5.97 Å². The average Bonchev–Trinajstić information content (AvgIpc) is 2.76. The third-order valence-electron chi connectivity index (χ3n) is 3.54. The summed E-state index contributed by atoms with van der Waals surface area (Å²) in [4.78, 5) is 11.8. The number of rotatable bonds is 5. The molecule has 11 heteroatoms. The maximum Gasteiger partial charge on any atom is 0.420 e. The van der Waals surface area contributed by atoms with E-state index in [1.807, 2.05) is 0 Å². The Balaban J connectivity index is 2.46. The first-order valence-electron chi connectivity index (χ1n) is 6.97. The van der Waals surface area contributed by atoms with Gasteiger partial charge in [-0.2, -0.15) is 18.3 Å². The lowest BCUT2D eigenvalue weighted by molar-refractivity contribution is -0.140. The minimum atomic E-state index is -5.27. The van der Waals surface area contributed by atoms with Crippen molar-refractivity contribution in [2.75, 3.05) is 6.61 Å². The van der Waals surface area contributed by atoms with Gasteiger partial charge in [0.1, 0.15) is 11.3 Å². The fourth-order valence-electron chi connectivity index (χ4n) is 2.61. The van der Waals surface area contributed by atoms with Crippen molar-refractivity contribution in [3.63, 3.8) is 0 Å². The SMILES string of the molecule is CCOC(=O)c1c(C(F)(F)F)c(C(F)F)nn1CC1CC(F)(F)C1. The van der Waals surface area contributed by atoms with Crippen molar-refractivity contribution in [1.29, 1.82) is 0 Å². The largest absolute Gasteiger partial charge is 0.461 e. The minimum absolute atomic E-state index is 0.285. The van der Waals surface area contributed by atoms with Gasteiger partial charge in [-0.15, -0.1) is 0 Å². The van der Waals surface area contributed by atoms with Crippen LogP contribution < -0.4 is 0 Å². The van der Waals surface area contributed by atoms with Crippen LogP contribution in [-0.4, -0.2) is 28.3 Å². The molecule has 0 radical (unpaired) electrons. The molecule has 0 aliphatic heterocycles. The van der Waals surface area contributed by atoms with E-state index in [2.05, 4.69) is 9.84 Å². The minimum Gasteiger partial charge on any atom is -0.461 e. The summed E-state index contributed by atoms with van der Waals surface area (Å²) < 4.78 is 95.8. The molecule has 0 atom stereocenters. The Bertz CT molecular complexity index is 617. The summed E-state index contributed by atoms with van der Waals surface area (Å²) in [7, 11) is 0. The summed E-state index contributed by atoms with van der Waals surface area (Å²) in [5, 5.41) is 3.15. The molecule has 1 fully saturated rings. The molecule has 136 valence electrons. The van der Waals surface area contributed by atoms with Gasteiger partial charge >= 0.3 is 12.1 Å². The van der Waals surface area contributed by atoms with Gasteiger partial charge in [0, 0.05) is 19.4 Å². The number of ether oxygens (including phenoxy) is 1. The highest BCUT2D eigenvalue weighted by Gasteiger charge is 2.48. The molecule has 4 nitrogen and oxygen atoms in total. The van der Waals surface area contributed by atoms with Crippen molar-refractivity contribution < 1.29 is 40.3 Å². The molecule has 24 heavy (non-hydrogen) atoms. The molecule has 2 rings (SSSR count). The zero-order chi connectivity index (χ0) is 18.3. The maximum atomic E-state index is 13.1. The average molecular weight is 362 g/mol. The Morgan fingerprint density at radius 1 is 1.38 bits per heavy atom. The van der Waals surface area contributed by atoms with Gasteiger partial charge in [0.05, 0.1) is 6.61 Å². The molecule has 1 aliphatic carbocycles. The fourth-order valence-corrected chi connectivity index (χ4v) is 2.61. The number of alkyl halides is 7. The molecule has 0 unspecified atom stereocenters. The van der Waals surface area contributed by atoms with Crippen molar-refractivity contribution in [3.05, 3.63) is 17.0 Å². The zero-order valence-corrected chi connectivity index (χ0v) is 12.3. The summed E-state index contributed by atoms with van der Waals surface area (Å²) in [6, 6.07) is 0. The lowest BCUT2D eigenvalue weighted by Crippen LogP contribution is -2.38. The van der Waals surface area contributed by atoms with Crippen molar-refractivity contribution in [2.45, 2.75) is 44.8 Å². The van der Waals surface area contributed by atoms with Crippen LogP contribution in [0.1, 0.15) is 47.9 Å². The second-order valence-corrected chi connectivity index (χ2v) is 5.44. The van der Waals surface area contributed by atoms with Gasteiger partial charge < -0.3 is 4.74 Å². The Morgan fingerprint density at radius 2 is 1.96 bits per heavy atom. The molecule has 0 bridgehead atoms. The quantitative estimate of drug-likeness (QED) is 0.586. The molecule has 0 amide bonds. The van der Waals surface area contributed by atoms with E-state index < -0.39 is 66.7 Å². The predicted molar refractivity (Wildman–Crippen MR) is 65.8 cm³/mol. The normalized spacial score (nSPS) is 17.9. The molecular weight excluding hydrogens is 349 g/mol. The van der Waals surface area contributed by atoms with E-state index in [0.717, 1.165) is 0 Å². The second-order valence-electron chi connectivity index (χ2n) is 5.44. The van der Waals surface area contributed by atoms with Gasteiger partial charge in [0.2, 0.25) is 5.92 Å². The molecule has 1 aromatic heterocycles. The van der Waals surface area contributed by atoms with Crippen LogP contribution in [0.5, 0.6) is 0 Å². The molecule has 0 N–H and O–H groups in total. The summed E-state index contributed by atoms with van der Waals surface area (Å²) in [5.41, 5.74) is -4.69. The molecule has 0 aromatic carbocycles. The lowest BCUT2D eigenvalue weighted by atomic mass is 9.81. The number of carbonyl (C=O) groups is 1. The van der Waals surface area contributed by atoms with E-state index in [0.29, 0.717) is 4.68 Å². The fraction of sp³-hybridized carbons (Fsp3) is 0.692. The predicted octanol–water partition coefficient (Wildman–Crippen LogP) is 4.06. The highest BCUT2D eigenvalue weighted by molar-refractivity contribution is 5.90. The first kappa shape index (κ1) is 18.5. The van der Waals surface area contributed by atoms with E-state index in [4.69, 9.17) is 0 Å². The first-order valence-corrected chi connectivity index (χ1v) is 6.97. The van der Waals surface area contributed by atoms with Crippen LogP contribution in [-0.2, 0) is 17.5 Å². The van der Waals surface area contributed by atoms with Crippen molar-refractivity contribution in [2.24, 2.45) is 5.92 Å². The first-order chi connectivity index (χ1) is 11.0. The summed E-state index contributed by atoms with van der Waals surface area (Å²) in [6.07, 6.45) is -10.1. The number of hydrogen-bond acceptors (Lipinski definition) is 3. The third kappa shape index (κ3) is 3.64. The highest BCUT2D eigenvalue weighted by Crippen LogP contribution is 2.44. The van der Waals surface area contributed by atoms with Crippen LogP contribution in [0.25, 0.3) is 0 Å². The van der Waals surface area contributed by atoms with E-state index in [1.165, 1.54) is 6.92 Å². The molecule has 1 heterocycles. The van der Waals surface area contributed by atoms with Gasteiger partial charge in [0.15, 0.2) is 5.69 Å². The number of esters is 1. The summed E-state index contributed by atoms with van der Waals surface area (Å²) in [6.45, 7) is 0.540. The molecule has 1 aromatic rings. The van der Waals surface area contributed by atoms with Gasteiger partial charge in [-0.05, 0) is 12.8 Å². The highest BCUT2D eigenvalue weighted by atomic mass is 19.4. The van der Waals surface area contributed by atoms with Crippen LogP contribution in [0.3, 0.4) is 0 Å². The summed E-state index contributed by atoms with van der Waals surface area (Å²) in [5.74, 6) is -5.18. The van der Waals surface area contributed by atoms with E-state index >= 15 is 0 Å². The Kier molecular flexibility index (Phi) is 4.82. The molecular formula is C13H13F7N2O2. The van der Waals surface area contributed by atoms with Gasteiger partial charge in [0.25, 0.3) is 6.43 Å².